The number of halogens is 1. The standard InChI is InChI=1S/C26H32FN5O/c27-22-5-2-1-4-21(22)17-29-10-11-31(16-20-8-9-20)24(19-29)23-18-32-25(28-23)6-3-7-26(32)30-12-14-33-15-13-30/h1-7,18,20,24H,8-17,19H2/t24-/m1/s1. The van der Waals surface area contributed by atoms with Crippen molar-refractivity contribution in [2.45, 2.75) is 25.4 Å². The van der Waals surface area contributed by atoms with E-state index in [2.05, 4.69) is 43.5 Å². The highest BCUT2D eigenvalue weighted by Crippen LogP contribution is 2.35. The van der Waals surface area contributed by atoms with Gasteiger partial charge in [-0.3, -0.25) is 14.2 Å². The third kappa shape index (κ3) is 4.50. The molecule has 3 fully saturated rings. The number of nitrogens with zero attached hydrogens (tertiary/aromatic N) is 5. The molecule has 33 heavy (non-hydrogen) atoms. The highest BCUT2D eigenvalue weighted by atomic mass is 19.1. The first-order valence-electron chi connectivity index (χ1n) is 12.2. The van der Waals surface area contributed by atoms with Crippen molar-refractivity contribution in [3.8, 4) is 0 Å². The second kappa shape index (κ2) is 9.05. The second-order valence-electron chi connectivity index (χ2n) is 9.66. The third-order valence-electron chi connectivity index (χ3n) is 7.28. The molecular formula is C26H32FN5O. The summed E-state index contributed by atoms with van der Waals surface area (Å²) in [5, 5.41) is 0. The first-order chi connectivity index (χ1) is 16.2. The summed E-state index contributed by atoms with van der Waals surface area (Å²) in [6, 6.07) is 13.8. The molecule has 1 aromatic carbocycles. The average molecular weight is 450 g/mol. The summed E-state index contributed by atoms with van der Waals surface area (Å²) in [5.74, 6) is 1.89. The zero-order valence-corrected chi connectivity index (χ0v) is 19.1. The molecule has 6 nitrogen and oxygen atoms in total. The molecule has 7 heteroatoms. The van der Waals surface area contributed by atoms with Crippen LogP contribution in [-0.4, -0.2) is 71.7 Å². The van der Waals surface area contributed by atoms with Crippen molar-refractivity contribution in [3.05, 3.63) is 65.7 Å². The first-order valence-corrected chi connectivity index (χ1v) is 12.2. The van der Waals surface area contributed by atoms with Crippen LogP contribution in [0.4, 0.5) is 10.2 Å². The Kier molecular flexibility index (Phi) is 5.78. The van der Waals surface area contributed by atoms with E-state index in [1.165, 1.54) is 18.7 Å². The fraction of sp³-hybridized carbons (Fsp3) is 0.500. The maximum Gasteiger partial charge on any atom is 0.138 e. The highest BCUT2D eigenvalue weighted by molar-refractivity contribution is 5.53. The van der Waals surface area contributed by atoms with Gasteiger partial charge in [0, 0.05) is 57.6 Å². The minimum atomic E-state index is -0.114. The van der Waals surface area contributed by atoms with Gasteiger partial charge in [-0.25, -0.2) is 9.37 Å². The molecule has 2 aromatic heterocycles. The molecular weight excluding hydrogens is 417 g/mol. The van der Waals surface area contributed by atoms with Gasteiger partial charge in [-0.1, -0.05) is 24.3 Å². The van der Waals surface area contributed by atoms with E-state index < -0.39 is 0 Å². The number of hydrogen-bond donors (Lipinski definition) is 0. The van der Waals surface area contributed by atoms with Crippen LogP contribution in [-0.2, 0) is 11.3 Å². The van der Waals surface area contributed by atoms with E-state index in [1.54, 1.807) is 12.1 Å². The molecule has 4 heterocycles. The predicted octanol–water partition coefficient (Wildman–Crippen LogP) is 3.58. The summed E-state index contributed by atoms with van der Waals surface area (Å²) >= 11 is 0. The fourth-order valence-electron chi connectivity index (χ4n) is 5.25. The zero-order valence-electron chi connectivity index (χ0n) is 19.1. The largest absolute Gasteiger partial charge is 0.378 e. The second-order valence-corrected chi connectivity index (χ2v) is 9.66. The molecule has 2 aliphatic heterocycles. The zero-order chi connectivity index (χ0) is 22.2. The number of piperazine rings is 1. The van der Waals surface area contributed by atoms with Crippen molar-refractivity contribution in [1.82, 2.24) is 19.2 Å². The van der Waals surface area contributed by atoms with Gasteiger partial charge < -0.3 is 9.64 Å². The van der Waals surface area contributed by atoms with Crippen LogP contribution < -0.4 is 4.90 Å². The number of morpholine rings is 1. The molecule has 0 bridgehead atoms. The maximum atomic E-state index is 14.3. The van der Waals surface area contributed by atoms with Crippen molar-refractivity contribution in [1.29, 1.82) is 0 Å². The monoisotopic (exact) mass is 449 g/mol. The maximum absolute atomic E-state index is 14.3. The Morgan fingerprint density at radius 3 is 2.64 bits per heavy atom. The Hall–Kier alpha value is -2.48. The van der Waals surface area contributed by atoms with Gasteiger partial charge in [0.25, 0.3) is 0 Å². The van der Waals surface area contributed by atoms with Crippen molar-refractivity contribution in [2.75, 3.05) is 57.4 Å². The third-order valence-corrected chi connectivity index (χ3v) is 7.28. The molecule has 1 saturated carbocycles. The predicted molar refractivity (Wildman–Crippen MR) is 127 cm³/mol. The van der Waals surface area contributed by atoms with E-state index in [9.17, 15) is 4.39 Å². The molecule has 2 saturated heterocycles. The number of hydrogen-bond acceptors (Lipinski definition) is 5. The van der Waals surface area contributed by atoms with E-state index in [-0.39, 0.29) is 11.9 Å². The van der Waals surface area contributed by atoms with Gasteiger partial charge in [-0.15, -0.1) is 0 Å². The number of imidazole rings is 1. The van der Waals surface area contributed by atoms with Gasteiger partial charge in [0.15, 0.2) is 0 Å². The van der Waals surface area contributed by atoms with E-state index in [4.69, 9.17) is 9.72 Å². The Labute approximate surface area is 194 Å². The lowest BCUT2D eigenvalue weighted by atomic mass is 10.1. The Morgan fingerprint density at radius 1 is 0.970 bits per heavy atom. The van der Waals surface area contributed by atoms with Crippen molar-refractivity contribution in [3.63, 3.8) is 0 Å². The normalized spacial score (nSPS) is 22.8. The molecule has 6 rings (SSSR count). The van der Waals surface area contributed by atoms with Crippen molar-refractivity contribution in [2.24, 2.45) is 5.92 Å². The van der Waals surface area contributed by atoms with Crippen LogP contribution in [0.25, 0.3) is 5.65 Å². The van der Waals surface area contributed by atoms with E-state index >= 15 is 0 Å². The minimum Gasteiger partial charge on any atom is -0.378 e. The summed E-state index contributed by atoms with van der Waals surface area (Å²) in [6.45, 7) is 7.96. The van der Waals surface area contributed by atoms with Crippen LogP contribution in [0.2, 0.25) is 0 Å². The number of ether oxygens (including phenoxy) is 1. The van der Waals surface area contributed by atoms with Gasteiger partial charge in [0.1, 0.15) is 17.3 Å². The van der Waals surface area contributed by atoms with Crippen LogP contribution in [0.3, 0.4) is 0 Å². The fourth-order valence-corrected chi connectivity index (χ4v) is 5.25. The Balaban J connectivity index is 1.29. The minimum absolute atomic E-state index is 0.114. The molecule has 0 amide bonds. The van der Waals surface area contributed by atoms with Crippen molar-refractivity contribution < 1.29 is 9.13 Å². The van der Waals surface area contributed by atoms with Crippen LogP contribution in [0.1, 0.15) is 30.1 Å². The van der Waals surface area contributed by atoms with Crippen LogP contribution in [0.15, 0.2) is 48.7 Å². The number of benzene rings is 1. The van der Waals surface area contributed by atoms with E-state index in [0.717, 1.165) is 75.3 Å². The SMILES string of the molecule is Fc1ccccc1CN1CCN(CC2CC2)[C@@H](c2cn3c(N4CCOCC4)cccc3n2)C1. The van der Waals surface area contributed by atoms with Gasteiger partial charge >= 0.3 is 0 Å². The van der Waals surface area contributed by atoms with Gasteiger partial charge in [0.2, 0.25) is 0 Å². The number of pyridine rings is 1. The Morgan fingerprint density at radius 2 is 1.82 bits per heavy atom. The van der Waals surface area contributed by atoms with Gasteiger partial charge in [-0.05, 0) is 37.0 Å². The van der Waals surface area contributed by atoms with E-state index in [0.29, 0.717) is 6.54 Å². The first kappa shape index (κ1) is 21.1. The van der Waals surface area contributed by atoms with Gasteiger partial charge in [-0.2, -0.15) is 0 Å². The molecule has 3 aliphatic rings. The molecule has 1 aliphatic carbocycles. The molecule has 0 radical (unpaired) electrons. The molecule has 0 unspecified atom stereocenters. The Bertz CT molecular complexity index is 1110. The summed E-state index contributed by atoms with van der Waals surface area (Å²) in [7, 11) is 0. The number of rotatable bonds is 6. The topological polar surface area (TPSA) is 36.2 Å². The smallest absolute Gasteiger partial charge is 0.138 e. The summed E-state index contributed by atoms with van der Waals surface area (Å²) < 4.78 is 22.1. The lowest BCUT2D eigenvalue weighted by molar-refractivity contribution is 0.0634. The lowest BCUT2D eigenvalue weighted by Crippen LogP contribution is -2.48. The quantitative estimate of drug-likeness (QED) is 0.575. The van der Waals surface area contributed by atoms with Crippen molar-refractivity contribution >= 4 is 11.5 Å². The van der Waals surface area contributed by atoms with Gasteiger partial charge in [0.05, 0.1) is 24.9 Å². The number of fused-ring (bicyclic) bond motifs is 1. The van der Waals surface area contributed by atoms with Crippen LogP contribution in [0, 0.1) is 11.7 Å². The number of aromatic nitrogens is 2. The molecule has 0 N–H and O–H groups in total. The van der Waals surface area contributed by atoms with Crippen LogP contribution in [0.5, 0.6) is 0 Å². The molecule has 0 spiro atoms. The highest BCUT2D eigenvalue weighted by Gasteiger charge is 2.34. The molecule has 1 atom stereocenters. The van der Waals surface area contributed by atoms with Crippen LogP contribution >= 0.6 is 0 Å². The molecule has 174 valence electrons. The molecule has 3 aromatic rings. The average Bonchev–Trinajstić information content (AvgIpc) is 3.56. The summed E-state index contributed by atoms with van der Waals surface area (Å²) in [6.07, 6.45) is 4.92. The summed E-state index contributed by atoms with van der Waals surface area (Å²) in [4.78, 5) is 12.5. The van der Waals surface area contributed by atoms with E-state index in [1.807, 2.05) is 12.1 Å². The number of anilines is 1. The lowest BCUT2D eigenvalue weighted by Gasteiger charge is -2.41. The summed E-state index contributed by atoms with van der Waals surface area (Å²) in [5.41, 5.74) is 2.89.